The number of rotatable bonds is 4. The molecule has 1 saturated heterocycles. The first-order valence-corrected chi connectivity index (χ1v) is 7.77. The van der Waals surface area contributed by atoms with Crippen molar-refractivity contribution in [1.29, 1.82) is 0 Å². The number of piperazine rings is 1. The summed E-state index contributed by atoms with van der Waals surface area (Å²) in [5, 5.41) is 9.16. The predicted octanol–water partition coefficient (Wildman–Crippen LogP) is 1.29. The third-order valence-corrected chi connectivity index (χ3v) is 3.97. The number of carboxylic acid groups (broad SMARTS) is 1. The summed E-state index contributed by atoms with van der Waals surface area (Å²) < 4.78 is 5.44. The van der Waals surface area contributed by atoms with E-state index in [2.05, 4.69) is 9.97 Å². The van der Waals surface area contributed by atoms with E-state index in [0.717, 1.165) is 0 Å². The largest absolute Gasteiger partial charge is 0.478 e. The van der Waals surface area contributed by atoms with Gasteiger partial charge in [0.2, 0.25) is 5.95 Å². The molecule has 3 rings (SSSR count). The molecule has 8 heteroatoms. The highest BCUT2D eigenvalue weighted by molar-refractivity contribution is 5.96. The summed E-state index contributed by atoms with van der Waals surface area (Å²) in [6, 6.07) is 3.07. The van der Waals surface area contributed by atoms with Crippen molar-refractivity contribution < 1.29 is 19.1 Å². The van der Waals surface area contributed by atoms with E-state index in [-0.39, 0.29) is 17.2 Å². The first-order chi connectivity index (χ1) is 11.6. The Morgan fingerprint density at radius 2 is 1.88 bits per heavy atom. The number of carboxylic acids is 1. The van der Waals surface area contributed by atoms with Gasteiger partial charge in [-0.15, -0.1) is 0 Å². The lowest BCUT2D eigenvalue weighted by Gasteiger charge is -2.34. The molecule has 3 heterocycles. The maximum atomic E-state index is 12.5. The van der Waals surface area contributed by atoms with Gasteiger partial charge in [-0.25, -0.2) is 14.8 Å². The summed E-state index contributed by atoms with van der Waals surface area (Å²) in [5.74, 6) is -0.327. The molecule has 0 atom stereocenters. The Morgan fingerprint density at radius 3 is 2.42 bits per heavy atom. The number of amides is 1. The van der Waals surface area contributed by atoms with Gasteiger partial charge < -0.3 is 19.3 Å². The van der Waals surface area contributed by atoms with Crippen molar-refractivity contribution in [3.63, 3.8) is 0 Å². The van der Waals surface area contributed by atoms with E-state index in [0.29, 0.717) is 44.3 Å². The molecule has 1 aliphatic heterocycles. The maximum Gasteiger partial charge on any atom is 0.339 e. The minimum atomic E-state index is -1.08. The monoisotopic (exact) mass is 330 g/mol. The van der Waals surface area contributed by atoms with Crippen LogP contribution in [0.25, 0.3) is 0 Å². The van der Waals surface area contributed by atoms with Crippen LogP contribution in [0.5, 0.6) is 0 Å². The molecule has 1 aliphatic rings. The minimum Gasteiger partial charge on any atom is -0.478 e. The number of hydrogen-bond acceptors (Lipinski definition) is 6. The molecule has 0 spiro atoms. The minimum absolute atomic E-state index is 0.0529. The van der Waals surface area contributed by atoms with Crippen LogP contribution in [0.3, 0.4) is 0 Å². The van der Waals surface area contributed by atoms with Gasteiger partial charge in [-0.05, 0) is 6.07 Å². The van der Waals surface area contributed by atoms with E-state index in [1.165, 1.54) is 6.07 Å². The fourth-order valence-corrected chi connectivity index (χ4v) is 2.70. The average Bonchev–Trinajstić information content (AvgIpc) is 3.07. The zero-order chi connectivity index (χ0) is 17.1. The van der Waals surface area contributed by atoms with Crippen LogP contribution in [0.4, 0.5) is 5.95 Å². The molecule has 0 saturated carbocycles. The van der Waals surface area contributed by atoms with Gasteiger partial charge in [-0.1, -0.05) is 6.92 Å². The van der Waals surface area contributed by atoms with Gasteiger partial charge in [0, 0.05) is 51.1 Å². The van der Waals surface area contributed by atoms with Gasteiger partial charge in [-0.3, -0.25) is 4.79 Å². The van der Waals surface area contributed by atoms with Crippen LogP contribution in [0, 0.1) is 0 Å². The highest BCUT2D eigenvalue weighted by atomic mass is 16.4. The second kappa shape index (κ2) is 6.69. The molecule has 2 aromatic heterocycles. The molecule has 1 fully saturated rings. The Morgan fingerprint density at radius 1 is 1.21 bits per heavy atom. The first-order valence-electron chi connectivity index (χ1n) is 7.77. The van der Waals surface area contributed by atoms with Crippen molar-refractivity contribution in [3.8, 4) is 0 Å². The molecule has 0 radical (unpaired) electrons. The Hall–Kier alpha value is -2.90. The molecule has 0 bridgehead atoms. The third kappa shape index (κ3) is 3.08. The van der Waals surface area contributed by atoms with Crippen LogP contribution in [0.2, 0.25) is 0 Å². The Kier molecular flexibility index (Phi) is 4.45. The third-order valence-electron chi connectivity index (χ3n) is 3.97. The summed E-state index contributed by atoms with van der Waals surface area (Å²) >= 11 is 0. The predicted molar refractivity (Wildman–Crippen MR) is 85.2 cm³/mol. The number of hydrogen-bond donors (Lipinski definition) is 1. The molecular formula is C16H18N4O4. The fourth-order valence-electron chi connectivity index (χ4n) is 2.70. The van der Waals surface area contributed by atoms with Gasteiger partial charge in [0.05, 0.1) is 0 Å². The molecule has 2 aromatic rings. The highest BCUT2D eigenvalue weighted by Crippen LogP contribution is 2.19. The lowest BCUT2D eigenvalue weighted by molar-refractivity contribution is 0.0689. The van der Waals surface area contributed by atoms with Crippen molar-refractivity contribution in [1.82, 2.24) is 14.9 Å². The summed E-state index contributed by atoms with van der Waals surface area (Å²) in [4.78, 5) is 35.8. The van der Waals surface area contributed by atoms with E-state index in [9.17, 15) is 9.59 Å². The lowest BCUT2D eigenvalue weighted by atomic mass is 10.2. The standard InChI is InChI=1S/C16H18N4O4/c1-2-12-11(15(22)23)10-13(24-12)14(21)19-6-8-20(9-7-19)16-17-4-3-5-18-16/h3-5,10H,2,6-9H2,1H3,(H,22,23). The normalized spacial score (nSPS) is 14.7. The molecule has 24 heavy (non-hydrogen) atoms. The van der Waals surface area contributed by atoms with Crippen LogP contribution < -0.4 is 4.90 Å². The van der Waals surface area contributed by atoms with E-state index in [1.807, 2.05) is 4.90 Å². The quantitative estimate of drug-likeness (QED) is 0.901. The Balaban J connectivity index is 1.68. The summed E-state index contributed by atoms with van der Waals surface area (Å²) in [7, 11) is 0. The second-order valence-electron chi connectivity index (χ2n) is 5.43. The molecule has 1 amide bonds. The van der Waals surface area contributed by atoms with Crippen molar-refractivity contribution in [2.75, 3.05) is 31.1 Å². The van der Waals surface area contributed by atoms with Crippen molar-refractivity contribution in [3.05, 3.63) is 41.6 Å². The zero-order valence-electron chi connectivity index (χ0n) is 13.3. The molecule has 8 nitrogen and oxygen atoms in total. The Labute approximate surface area is 138 Å². The molecule has 0 aromatic carbocycles. The summed E-state index contributed by atoms with van der Waals surface area (Å²) in [5.41, 5.74) is 0.0529. The lowest BCUT2D eigenvalue weighted by Crippen LogP contribution is -2.49. The second-order valence-corrected chi connectivity index (χ2v) is 5.43. The van der Waals surface area contributed by atoms with Crippen LogP contribution in [-0.4, -0.2) is 58.0 Å². The van der Waals surface area contributed by atoms with E-state index in [4.69, 9.17) is 9.52 Å². The average molecular weight is 330 g/mol. The molecular weight excluding hydrogens is 312 g/mol. The summed E-state index contributed by atoms with van der Waals surface area (Å²) in [6.45, 7) is 4.02. The van der Waals surface area contributed by atoms with Gasteiger partial charge in [0.1, 0.15) is 11.3 Å². The van der Waals surface area contributed by atoms with E-state index < -0.39 is 5.97 Å². The first kappa shape index (κ1) is 16.0. The molecule has 0 aliphatic carbocycles. The van der Waals surface area contributed by atoms with Gasteiger partial charge >= 0.3 is 5.97 Å². The van der Waals surface area contributed by atoms with Crippen LogP contribution in [0.15, 0.2) is 28.9 Å². The number of carbonyl (C=O) groups is 2. The molecule has 126 valence electrons. The van der Waals surface area contributed by atoms with Crippen molar-refractivity contribution >= 4 is 17.8 Å². The molecule has 1 N–H and O–H groups in total. The molecule has 0 unspecified atom stereocenters. The highest BCUT2D eigenvalue weighted by Gasteiger charge is 2.27. The number of aromatic carboxylic acids is 1. The zero-order valence-corrected chi connectivity index (χ0v) is 13.3. The van der Waals surface area contributed by atoms with Gasteiger partial charge in [0.15, 0.2) is 5.76 Å². The number of aryl methyl sites for hydroxylation is 1. The van der Waals surface area contributed by atoms with Crippen LogP contribution in [-0.2, 0) is 6.42 Å². The Bertz CT molecular complexity index is 736. The number of aromatic nitrogens is 2. The van der Waals surface area contributed by atoms with Gasteiger partial charge in [0.25, 0.3) is 5.91 Å². The van der Waals surface area contributed by atoms with E-state index >= 15 is 0 Å². The van der Waals surface area contributed by atoms with Crippen LogP contribution in [0.1, 0.15) is 33.6 Å². The fraction of sp³-hybridized carbons (Fsp3) is 0.375. The van der Waals surface area contributed by atoms with E-state index in [1.54, 1.807) is 30.3 Å². The number of nitrogens with zero attached hydrogens (tertiary/aromatic N) is 4. The van der Waals surface area contributed by atoms with Crippen molar-refractivity contribution in [2.45, 2.75) is 13.3 Å². The maximum absolute atomic E-state index is 12.5. The topological polar surface area (TPSA) is 99.8 Å². The van der Waals surface area contributed by atoms with Crippen LogP contribution >= 0.6 is 0 Å². The van der Waals surface area contributed by atoms with Gasteiger partial charge in [-0.2, -0.15) is 0 Å². The summed E-state index contributed by atoms with van der Waals surface area (Å²) in [6.07, 6.45) is 3.79. The smallest absolute Gasteiger partial charge is 0.339 e. The number of carbonyl (C=O) groups excluding carboxylic acids is 1. The number of furan rings is 1. The van der Waals surface area contributed by atoms with Crippen molar-refractivity contribution in [2.24, 2.45) is 0 Å². The SMILES string of the molecule is CCc1oc(C(=O)N2CCN(c3ncccn3)CC2)cc1C(=O)O. The number of anilines is 1.